The van der Waals surface area contributed by atoms with E-state index in [-0.39, 0.29) is 19.5 Å². The van der Waals surface area contributed by atoms with Crippen LogP contribution in [0.5, 0.6) is 0 Å². The number of likely N-dealkylation sites (tertiary alicyclic amines) is 1. The van der Waals surface area contributed by atoms with Gasteiger partial charge >= 0.3 is 6.18 Å². The van der Waals surface area contributed by atoms with Crippen molar-refractivity contribution in [2.45, 2.75) is 12.6 Å². The van der Waals surface area contributed by atoms with Crippen LogP contribution in [0.4, 0.5) is 13.2 Å². The number of halogens is 3. The molecule has 1 fully saturated rings. The molecule has 0 radical (unpaired) electrons. The van der Waals surface area contributed by atoms with E-state index in [1.165, 1.54) is 0 Å². The van der Waals surface area contributed by atoms with Gasteiger partial charge in [0.05, 0.1) is 5.92 Å². The number of alkyl halides is 3. The molecule has 0 aliphatic carbocycles. The fourth-order valence-corrected chi connectivity index (χ4v) is 2.38. The molecule has 1 saturated heterocycles. The van der Waals surface area contributed by atoms with Gasteiger partial charge in [-0.3, -0.25) is 9.59 Å². The maximum atomic E-state index is 12.3. The fraction of sp³-hybridized carbons (Fsp3) is 0.375. The molecule has 124 valence electrons. The minimum absolute atomic E-state index is 0.176. The Morgan fingerprint density at radius 2 is 2.00 bits per heavy atom. The quantitative estimate of drug-likeness (QED) is 0.902. The Balaban J connectivity index is 1.78. The zero-order chi connectivity index (χ0) is 16.9. The monoisotopic (exact) mass is 326 g/mol. The molecule has 4 nitrogen and oxygen atoms in total. The number of benzene rings is 1. The van der Waals surface area contributed by atoms with Gasteiger partial charge in [0.15, 0.2) is 0 Å². The summed E-state index contributed by atoms with van der Waals surface area (Å²) in [5, 5.41) is 2.61. The van der Waals surface area contributed by atoms with E-state index in [9.17, 15) is 22.8 Å². The molecule has 1 aromatic rings. The lowest BCUT2D eigenvalue weighted by Crippen LogP contribution is -2.37. The van der Waals surface area contributed by atoms with Gasteiger partial charge in [0.2, 0.25) is 11.8 Å². The summed E-state index contributed by atoms with van der Waals surface area (Å²) in [6, 6.07) is 9.48. The number of rotatable bonds is 5. The lowest BCUT2D eigenvalue weighted by molar-refractivity contribution is -0.157. The molecular weight excluding hydrogens is 309 g/mol. The number of hydrogen-bond acceptors (Lipinski definition) is 2. The van der Waals surface area contributed by atoms with Crippen molar-refractivity contribution in [1.82, 2.24) is 10.2 Å². The molecular formula is C16H17F3N2O2. The molecule has 2 rings (SSSR count). The van der Waals surface area contributed by atoms with E-state index >= 15 is 0 Å². The highest BCUT2D eigenvalue weighted by Gasteiger charge is 2.40. The average molecular weight is 326 g/mol. The predicted molar refractivity (Wildman–Crippen MR) is 79.2 cm³/mol. The Morgan fingerprint density at radius 1 is 1.30 bits per heavy atom. The molecule has 1 heterocycles. The van der Waals surface area contributed by atoms with E-state index in [0.29, 0.717) is 4.90 Å². The topological polar surface area (TPSA) is 49.4 Å². The number of hydrogen-bond donors (Lipinski definition) is 1. The average Bonchev–Trinajstić information content (AvgIpc) is 2.84. The maximum absolute atomic E-state index is 12.3. The van der Waals surface area contributed by atoms with E-state index in [1.54, 1.807) is 6.08 Å². The Hall–Kier alpha value is -2.31. The van der Waals surface area contributed by atoms with Crippen molar-refractivity contribution in [2.75, 3.05) is 19.6 Å². The van der Waals surface area contributed by atoms with Gasteiger partial charge in [0.1, 0.15) is 6.54 Å². The highest BCUT2D eigenvalue weighted by Crippen LogP contribution is 2.23. The van der Waals surface area contributed by atoms with Gasteiger partial charge in [-0.25, -0.2) is 0 Å². The molecule has 1 aliphatic heterocycles. The molecule has 7 heteroatoms. The van der Waals surface area contributed by atoms with Crippen molar-refractivity contribution in [3.8, 4) is 0 Å². The SMILES string of the molecule is O=C(NCC=Cc1ccccc1)C1CC(=O)N(CC(F)(F)F)C1. The standard InChI is InChI=1S/C16H17F3N2O2/c17-16(18,19)11-21-10-13(9-14(21)22)15(23)20-8-4-7-12-5-2-1-3-6-12/h1-7,13H,8-11H2,(H,20,23). The third-order valence-electron chi connectivity index (χ3n) is 3.46. The minimum Gasteiger partial charge on any atom is -0.352 e. The van der Waals surface area contributed by atoms with Crippen LogP contribution >= 0.6 is 0 Å². The van der Waals surface area contributed by atoms with Crippen molar-refractivity contribution in [3.63, 3.8) is 0 Å². The minimum atomic E-state index is -4.44. The number of nitrogens with zero attached hydrogens (tertiary/aromatic N) is 1. The first kappa shape index (κ1) is 17.1. The second-order valence-corrected chi connectivity index (χ2v) is 5.35. The zero-order valence-electron chi connectivity index (χ0n) is 12.3. The Kier molecular flexibility index (Phi) is 5.41. The van der Waals surface area contributed by atoms with Crippen LogP contribution in [0.2, 0.25) is 0 Å². The summed E-state index contributed by atoms with van der Waals surface area (Å²) in [6.07, 6.45) is -1.04. The van der Waals surface area contributed by atoms with Gasteiger partial charge in [0.25, 0.3) is 0 Å². The Bertz CT molecular complexity index is 585. The van der Waals surface area contributed by atoms with Crippen LogP contribution < -0.4 is 5.32 Å². The summed E-state index contributed by atoms with van der Waals surface area (Å²) in [6.45, 7) is -1.23. The predicted octanol–water partition coefficient (Wildman–Crippen LogP) is 2.23. The van der Waals surface area contributed by atoms with Crippen molar-refractivity contribution in [3.05, 3.63) is 42.0 Å². The summed E-state index contributed by atoms with van der Waals surface area (Å²) < 4.78 is 36.9. The first-order chi connectivity index (χ1) is 10.8. The molecule has 23 heavy (non-hydrogen) atoms. The molecule has 1 unspecified atom stereocenters. The molecule has 1 atom stereocenters. The lowest BCUT2D eigenvalue weighted by Gasteiger charge is -2.18. The summed E-state index contributed by atoms with van der Waals surface area (Å²) in [5.74, 6) is -1.77. The zero-order valence-corrected chi connectivity index (χ0v) is 12.3. The first-order valence-electron chi connectivity index (χ1n) is 7.19. The van der Waals surface area contributed by atoms with Crippen LogP contribution in [0.3, 0.4) is 0 Å². The van der Waals surface area contributed by atoms with Crippen molar-refractivity contribution in [1.29, 1.82) is 0 Å². The third kappa shape index (κ3) is 5.43. The van der Waals surface area contributed by atoms with Crippen LogP contribution in [0.1, 0.15) is 12.0 Å². The van der Waals surface area contributed by atoms with E-state index in [1.807, 2.05) is 36.4 Å². The number of carbonyl (C=O) groups is 2. The summed E-state index contributed by atoms with van der Waals surface area (Å²) in [5.41, 5.74) is 0.981. The summed E-state index contributed by atoms with van der Waals surface area (Å²) >= 11 is 0. The fourth-order valence-electron chi connectivity index (χ4n) is 2.38. The molecule has 0 bridgehead atoms. The van der Waals surface area contributed by atoms with Gasteiger partial charge in [-0.2, -0.15) is 13.2 Å². The Morgan fingerprint density at radius 3 is 2.65 bits per heavy atom. The molecule has 0 aromatic heterocycles. The van der Waals surface area contributed by atoms with Crippen LogP contribution in [0.15, 0.2) is 36.4 Å². The number of nitrogens with one attached hydrogen (secondary N) is 1. The largest absolute Gasteiger partial charge is 0.406 e. The van der Waals surface area contributed by atoms with Crippen molar-refractivity contribution < 1.29 is 22.8 Å². The van der Waals surface area contributed by atoms with E-state index in [0.717, 1.165) is 5.56 Å². The second kappa shape index (κ2) is 7.30. The molecule has 0 spiro atoms. The van der Waals surface area contributed by atoms with E-state index in [4.69, 9.17) is 0 Å². The van der Waals surface area contributed by atoms with Crippen LogP contribution in [-0.2, 0) is 9.59 Å². The van der Waals surface area contributed by atoms with Crippen molar-refractivity contribution in [2.24, 2.45) is 5.92 Å². The smallest absolute Gasteiger partial charge is 0.352 e. The second-order valence-electron chi connectivity index (χ2n) is 5.35. The van der Waals surface area contributed by atoms with Crippen LogP contribution in [-0.4, -0.2) is 42.5 Å². The van der Waals surface area contributed by atoms with Crippen molar-refractivity contribution >= 4 is 17.9 Å². The first-order valence-corrected chi connectivity index (χ1v) is 7.19. The number of carbonyl (C=O) groups excluding carboxylic acids is 2. The van der Waals surface area contributed by atoms with Crippen LogP contribution in [0.25, 0.3) is 6.08 Å². The van der Waals surface area contributed by atoms with Gasteiger partial charge in [-0.05, 0) is 5.56 Å². The summed E-state index contributed by atoms with van der Waals surface area (Å²) in [7, 11) is 0. The summed E-state index contributed by atoms with van der Waals surface area (Å²) in [4.78, 5) is 24.1. The highest BCUT2D eigenvalue weighted by molar-refractivity contribution is 5.89. The lowest BCUT2D eigenvalue weighted by atomic mass is 10.1. The van der Waals surface area contributed by atoms with E-state index < -0.39 is 30.5 Å². The number of amides is 2. The van der Waals surface area contributed by atoms with Gasteiger partial charge in [0, 0.05) is 19.5 Å². The third-order valence-corrected chi connectivity index (χ3v) is 3.46. The van der Waals surface area contributed by atoms with Gasteiger partial charge in [-0.15, -0.1) is 0 Å². The molecule has 1 aliphatic rings. The molecule has 2 amide bonds. The highest BCUT2D eigenvalue weighted by atomic mass is 19.4. The normalized spacial score (nSPS) is 18.7. The molecule has 0 saturated carbocycles. The van der Waals surface area contributed by atoms with Gasteiger partial charge in [-0.1, -0.05) is 42.5 Å². The van der Waals surface area contributed by atoms with Crippen LogP contribution in [0, 0.1) is 5.92 Å². The Labute approximate surface area is 132 Å². The molecule has 1 N–H and O–H groups in total. The van der Waals surface area contributed by atoms with E-state index in [2.05, 4.69) is 5.32 Å². The molecule has 1 aromatic carbocycles. The van der Waals surface area contributed by atoms with Gasteiger partial charge < -0.3 is 10.2 Å². The maximum Gasteiger partial charge on any atom is 0.406 e.